The molecule has 1 aliphatic rings. The van der Waals surface area contributed by atoms with Crippen LogP contribution in [-0.4, -0.2) is 35.9 Å². The number of nitrogens with two attached hydrogens (primary N) is 1. The molecule has 18 heavy (non-hydrogen) atoms. The van der Waals surface area contributed by atoms with Crippen molar-refractivity contribution < 1.29 is 23.1 Å². The van der Waals surface area contributed by atoms with Crippen LogP contribution in [0.2, 0.25) is 0 Å². The smallest absolute Gasteiger partial charge is 0.388 e. The van der Waals surface area contributed by atoms with Crippen LogP contribution in [0.25, 0.3) is 0 Å². The highest BCUT2D eigenvalue weighted by atomic mass is 19.4. The van der Waals surface area contributed by atoms with Crippen molar-refractivity contribution in [3.63, 3.8) is 0 Å². The Bertz CT molecular complexity index is 291. The molecular formula is C11H19F3N2O2. The number of carbonyl (C=O) groups is 1. The van der Waals surface area contributed by atoms with Gasteiger partial charge in [0.1, 0.15) is 0 Å². The van der Waals surface area contributed by atoms with Crippen LogP contribution >= 0.6 is 0 Å². The van der Waals surface area contributed by atoms with Gasteiger partial charge in [0.25, 0.3) is 0 Å². The summed E-state index contributed by atoms with van der Waals surface area (Å²) >= 11 is 0. The van der Waals surface area contributed by atoms with Crippen LogP contribution in [0.5, 0.6) is 0 Å². The molecule has 1 fully saturated rings. The third-order valence-corrected chi connectivity index (χ3v) is 3.31. The summed E-state index contributed by atoms with van der Waals surface area (Å²) in [7, 11) is 0. The lowest BCUT2D eigenvalue weighted by atomic mass is 9.80. The molecule has 0 spiro atoms. The summed E-state index contributed by atoms with van der Waals surface area (Å²) in [5.41, 5.74) is 4.18. The van der Waals surface area contributed by atoms with Gasteiger partial charge in [0.05, 0.1) is 11.5 Å². The number of nitrogens with one attached hydrogen (secondary N) is 1. The average Bonchev–Trinajstić information content (AvgIpc) is 2.22. The zero-order chi connectivity index (χ0) is 13.8. The van der Waals surface area contributed by atoms with Gasteiger partial charge in [0.15, 0.2) is 0 Å². The normalized spacial score (nSPS) is 20.1. The molecule has 1 amide bonds. The molecule has 1 rings (SSSR count). The third kappa shape index (κ3) is 4.45. The van der Waals surface area contributed by atoms with Crippen molar-refractivity contribution in [2.24, 2.45) is 11.7 Å². The number of alkyl halides is 3. The summed E-state index contributed by atoms with van der Waals surface area (Å²) < 4.78 is 37.6. The fourth-order valence-corrected chi connectivity index (χ4v) is 1.90. The Kier molecular flexibility index (Phi) is 4.98. The SMILES string of the molecule is NCCC(CC(=O)NCC1(O)CCC1)C(F)(F)F. The van der Waals surface area contributed by atoms with Gasteiger partial charge < -0.3 is 16.2 Å². The van der Waals surface area contributed by atoms with E-state index >= 15 is 0 Å². The molecule has 1 saturated carbocycles. The summed E-state index contributed by atoms with van der Waals surface area (Å²) in [4.78, 5) is 11.4. The Hall–Kier alpha value is -0.820. The summed E-state index contributed by atoms with van der Waals surface area (Å²) in [6, 6.07) is 0. The summed E-state index contributed by atoms with van der Waals surface area (Å²) in [6.07, 6.45) is -3.26. The average molecular weight is 268 g/mol. The van der Waals surface area contributed by atoms with Crippen LogP contribution in [0.3, 0.4) is 0 Å². The molecule has 0 bridgehead atoms. The molecule has 0 aromatic heterocycles. The van der Waals surface area contributed by atoms with Crippen molar-refractivity contribution in [3.05, 3.63) is 0 Å². The van der Waals surface area contributed by atoms with E-state index in [1.165, 1.54) is 0 Å². The Balaban J connectivity index is 2.36. The Morgan fingerprint density at radius 1 is 1.44 bits per heavy atom. The van der Waals surface area contributed by atoms with Crippen molar-refractivity contribution in [2.75, 3.05) is 13.1 Å². The monoisotopic (exact) mass is 268 g/mol. The summed E-state index contributed by atoms with van der Waals surface area (Å²) in [6.45, 7) is -0.0829. The molecule has 4 N–H and O–H groups in total. The van der Waals surface area contributed by atoms with Gasteiger partial charge in [-0.1, -0.05) is 0 Å². The van der Waals surface area contributed by atoms with Gasteiger partial charge in [-0.05, 0) is 32.2 Å². The molecule has 1 aliphatic carbocycles. The summed E-state index contributed by atoms with van der Waals surface area (Å²) in [5, 5.41) is 12.1. The fourth-order valence-electron chi connectivity index (χ4n) is 1.90. The molecule has 0 aliphatic heterocycles. The van der Waals surface area contributed by atoms with Crippen molar-refractivity contribution in [2.45, 2.75) is 43.9 Å². The molecule has 1 atom stereocenters. The maximum atomic E-state index is 12.5. The number of rotatable bonds is 6. The molecule has 1 unspecified atom stereocenters. The van der Waals surface area contributed by atoms with Crippen LogP contribution in [0, 0.1) is 5.92 Å². The third-order valence-electron chi connectivity index (χ3n) is 3.31. The van der Waals surface area contributed by atoms with Crippen LogP contribution in [-0.2, 0) is 4.79 Å². The first kappa shape index (κ1) is 15.2. The maximum absolute atomic E-state index is 12.5. The van der Waals surface area contributed by atoms with Gasteiger partial charge in [-0.2, -0.15) is 13.2 Å². The Morgan fingerprint density at radius 3 is 2.44 bits per heavy atom. The van der Waals surface area contributed by atoms with Crippen LogP contribution in [0.4, 0.5) is 13.2 Å². The topological polar surface area (TPSA) is 75.4 Å². The Morgan fingerprint density at radius 2 is 2.06 bits per heavy atom. The van der Waals surface area contributed by atoms with Crippen molar-refractivity contribution >= 4 is 5.91 Å². The molecule has 0 saturated heterocycles. The van der Waals surface area contributed by atoms with E-state index in [0.717, 1.165) is 6.42 Å². The molecule has 106 valence electrons. The summed E-state index contributed by atoms with van der Waals surface area (Å²) in [5.74, 6) is -2.40. The fraction of sp³-hybridized carbons (Fsp3) is 0.909. The lowest BCUT2D eigenvalue weighted by molar-refractivity contribution is -0.180. The Labute approximate surface area is 104 Å². The second-order valence-corrected chi connectivity index (χ2v) is 4.87. The number of hydrogen-bond donors (Lipinski definition) is 3. The number of carbonyl (C=O) groups excluding carboxylic acids is 1. The van der Waals surface area contributed by atoms with E-state index in [-0.39, 0.29) is 19.5 Å². The zero-order valence-electron chi connectivity index (χ0n) is 10.1. The van der Waals surface area contributed by atoms with E-state index < -0.39 is 30.0 Å². The van der Waals surface area contributed by atoms with Gasteiger partial charge in [0, 0.05) is 13.0 Å². The van der Waals surface area contributed by atoms with Gasteiger partial charge in [-0.25, -0.2) is 0 Å². The molecule has 0 aromatic carbocycles. The van der Waals surface area contributed by atoms with E-state index in [2.05, 4.69) is 5.32 Å². The number of halogens is 3. The predicted molar refractivity (Wildman–Crippen MR) is 59.6 cm³/mol. The molecular weight excluding hydrogens is 249 g/mol. The molecule has 0 radical (unpaired) electrons. The van der Waals surface area contributed by atoms with Crippen LogP contribution in [0.1, 0.15) is 32.1 Å². The molecule has 4 nitrogen and oxygen atoms in total. The number of amides is 1. The highest BCUT2D eigenvalue weighted by Crippen LogP contribution is 2.32. The minimum atomic E-state index is -4.41. The number of hydrogen-bond acceptors (Lipinski definition) is 3. The van der Waals surface area contributed by atoms with E-state index in [1.807, 2.05) is 0 Å². The van der Waals surface area contributed by atoms with Gasteiger partial charge in [-0.3, -0.25) is 4.79 Å². The standard InChI is InChI=1S/C11H19F3N2O2/c12-11(13,14)8(2-5-15)6-9(17)16-7-10(18)3-1-4-10/h8,18H,1-7,15H2,(H,16,17). The van der Waals surface area contributed by atoms with Crippen molar-refractivity contribution in [3.8, 4) is 0 Å². The van der Waals surface area contributed by atoms with Gasteiger partial charge in [-0.15, -0.1) is 0 Å². The van der Waals surface area contributed by atoms with Crippen molar-refractivity contribution in [1.82, 2.24) is 5.32 Å². The van der Waals surface area contributed by atoms with Crippen molar-refractivity contribution in [1.29, 1.82) is 0 Å². The van der Waals surface area contributed by atoms with E-state index in [0.29, 0.717) is 12.8 Å². The minimum Gasteiger partial charge on any atom is -0.388 e. The molecule has 0 heterocycles. The second kappa shape index (κ2) is 5.88. The highest BCUT2D eigenvalue weighted by molar-refractivity contribution is 5.76. The van der Waals surface area contributed by atoms with E-state index in [4.69, 9.17) is 5.73 Å². The maximum Gasteiger partial charge on any atom is 0.392 e. The molecule has 7 heteroatoms. The lowest BCUT2D eigenvalue weighted by Crippen LogP contribution is -2.48. The first-order valence-corrected chi connectivity index (χ1v) is 6.03. The zero-order valence-corrected chi connectivity index (χ0v) is 10.1. The lowest BCUT2D eigenvalue weighted by Gasteiger charge is -2.36. The van der Waals surface area contributed by atoms with E-state index in [1.54, 1.807) is 0 Å². The quantitative estimate of drug-likeness (QED) is 0.671. The largest absolute Gasteiger partial charge is 0.392 e. The highest BCUT2D eigenvalue weighted by Gasteiger charge is 2.40. The number of aliphatic hydroxyl groups is 1. The van der Waals surface area contributed by atoms with Crippen LogP contribution < -0.4 is 11.1 Å². The first-order valence-electron chi connectivity index (χ1n) is 6.03. The second-order valence-electron chi connectivity index (χ2n) is 4.87. The minimum absolute atomic E-state index is 0.0268. The van der Waals surface area contributed by atoms with Gasteiger partial charge in [0.2, 0.25) is 5.91 Å². The predicted octanol–water partition coefficient (Wildman–Crippen LogP) is 0.935. The molecule has 0 aromatic rings. The first-order chi connectivity index (χ1) is 8.27. The van der Waals surface area contributed by atoms with Gasteiger partial charge >= 0.3 is 6.18 Å². The van der Waals surface area contributed by atoms with Crippen LogP contribution in [0.15, 0.2) is 0 Å². The van der Waals surface area contributed by atoms with E-state index in [9.17, 15) is 23.1 Å².